The van der Waals surface area contributed by atoms with E-state index in [1.54, 1.807) is 0 Å². The third-order valence-electron chi connectivity index (χ3n) is 1.31. The average molecular weight is 171 g/mol. The monoisotopic (exact) mass is 170 g/mol. The number of halogens is 1. The number of phenolic OH excluding ortho intramolecular Hbond substituents is 1. The highest BCUT2D eigenvalue weighted by Crippen LogP contribution is 2.27. The van der Waals surface area contributed by atoms with E-state index in [1.807, 2.05) is 0 Å². The molecule has 0 aromatic heterocycles. The lowest BCUT2D eigenvalue weighted by Gasteiger charge is -2.01. The van der Waals surface area contributed by atoms with Crippen LogP contribution >= 0.6 is 11.6 Å². The maximum atomic E-state index is 9.03. The molecule has 0 fully saturated rings. The number of anilines is 1. The Labute approximate surface area is 68.9 Å². The van der Waals surface area contributed by atoms with Gasteiger partial charge in [0.2, 0.25) is 0 Å². The van der Waals surface area contributed by atoms with Gasteiger partial charge in [-0.3, -0.25) is 0 Å². The molecule has 11 heavy (non-hydrogen) atoms. The molecule has 4 heteroatoms. The van der Waals surface area contributed by atoms with Gasteiger partial charge in [0.1, 0.15) is 5.75 Å². The number of hydrogen-bond acceptors (Lipinski definition) is 3. The summed E-state index contributed by atoms with van der Waals surface area (Å²) < 4.78 is 0. The smallest absolute Gasteiger partial charge is 0.136 e. The van der Waals surface area contributed by atoms with Gasteiger partial charge in [0.15, 0.2) is 0 Å². The first kappa shape index (κ1) is 7.88. The normalized spacial score (nSPS) is 9.55. The lowest BCUT2D eigenvalue weighted by molar-refractivity contribution is 0.476. The Morgan fingerprint density at radius 1 is 1.55 bits per heavy atom. The number of phenols is 1. The van der Waals surface area contributed by atoms with Crippen LogP contribution in [0.5, 0.6) is 5.75 Å². The van der Waals surface area contributed by atoms with Crippen LogP contribution in [0.25, 0.3) is 0 Å². The second-order valence-electron chi connectivity index (χ2n) is 2.08. The quantitative estimate of drug-likeness (QED) is 0.443. The van der Waals surface area contributed by atoms with Crippen molar-refractivity contribution in [2.45, 2.75) is 0 Å². The molecule has 58 valence electrons. The van der Waals surface area contributed by atoms with Gasteiger partial charge < -0.3 is 16.2 Å². The predicted octanol–water partition coefficient (Wildman–Crippen LogP) is 1.63. The zero-order valence-corrected chi connectivity index (χ0v) is 6.39. The third-order valence-corrected chi connectivity index (χ3v) is 1.61. The van der Waals surface area contributed by atoms with Gasteiger partial charge in [-0.1, -0.05) is 11.6 Å². The van der Waals surface area contributed by atoms with Crippen LogP contribution in [0.15, 0.2) is 12.1 Å². The van der Waals surface area contributed by atoms with E-state index >= 15 is 0 Å². The Morgan fingerprint density at radius 3 is 2.73 bits per heavy atom. The number of nitrogens with one attached hydrogen (secondary N) is 1. The summed E-state index contributed by atoms with van der Waals surface area (Å²) in [6.07, 6.45) is 1.08. The van der Waals surface area contributed by atoms with Crippen molar-refractivity contribution in [3.8, 4) is 5.75 Å². The molecule has 0 amide bonds. The molecular formula is C7H7ClN2O. The Kier molecular flexibility index (Phi) is 2.01. The lowest BCUT2D eigenvalue weighted by Crippen LogP contribution is -1.91. The molecule has 0 atom stereocenters. The Balaban J connectivity index is 3.31. The molecular weight excluding hydrogens is 164 g/mol. The molecule has 0 radical (unpaired) electrons. The Morgan fingerprint density at radius 2 is 2.18 bits per heavy atom. The van der Waals surface area contributed by atoms with E-state index in [0.29, 0.717) is 11.3 Å². The predicted molar refractivity (Wildman–Crippen MR) is 45.4 cm³/mol. The van der Waals surface area contributed by atoms with Gasteiger partial charge in [0.05, 0.1) is 5.02 Å². The molecule has 4 N–H and O–H groups in total. The Bertz CT molecular complexity index is 299. The van der Waals surface area contributed by atoms with Crippen LogP contribution in [0.2, 0.25) is 5.02 Å². The fraction of sp³-hybridized carbons (Fsp3) is 0. The minimum absolute atomic E-state index is 0.0604. The molecule has 0 spiro atoms. The summed E-state index contributed by atoms with van der Waals surface area (Å²) in [5.74, 6) is -0.0604. The molecule has 1 aromatic carbocycles. The maximum Gasteiger partial charge on any atom is 0.136 e. The second kappa shape index (κ2) is 2.80. The van der Waals surface area contributed by atoms with Crippen molar-refractivity contribution >= 4 is 23.5 Å². The van der Waals surface area contributed by atoms with E-state index in [9.17, 15) is 0 Å². The van der Waals surface area contributed by atoms with Crippen LogP contribution in [0.1, 0.15) is 5.56 Å². The molecule has 0 aliphatic heterocycles. The number of benzene rings is 1. The zero-order chi connectivity index (χ0) is 8.43. The minimum atomic E-state index is -0.0604. The molecule has 0 saturated carbocycles. The molecule has 0 saturated heterocycles. The van der Waals surface area contributed by atoms with E-state index in [-0.39, 0.29) is 10.8 Å². The summed E-state index contributed by atoms with van der Waals surface area (Å²) in [7, 11) is 0. The van der Waals surface area contributed by atoms with Gasteiger partial charge in [-0.2, -0.15) is 0 Å². The van der Waals surface area contributed by atoms with E-state index in [2.05, 4.69) is 0 Å². The molecule has 0 aliphatic carbocycles. The van der Waals surface area contributed by atoms with Crippen molar-refractivity contribution in [1.82, 2.24) is 0 Å². The summed E-state index contributed by atoms with van der Waals surface area (Å²) in [5, 5.41) is 16.1. The van der Waals surface area contributed by atoms with E-state index in [4.69, 9.17) is 27.9 Å². The van der Waals surface area contributed by atoms with Crippen LogP contribution < -0.4 is 5.73 Å². The van der Waals surface area contributed by atoms with Crippen molar-refractivity contribution in [3.63, 3.8) is 0 Å². The number of hydrogen-bond donors (Lipinski definition) is 3. The molecule has 3 nitrogen and oxygen atoms in total. The molecule has 0 unspecified atom stereocenters. The van der Waals surface area contributed by atoms with Gasteiger partial charge >= 0.3 is 0 Å². The first-order valence-corrected chi connectivity index (χ1v) is 3.31. The van der Waals surface area contributed by atoms with Gasteiger partial charge in [-0.05, 0) is 6.07 Å². The fourth-order valence-electron chi connectivity index (χ4n) is 0.718. The third kappa shape index (κ3) is 1.43. The molecule has 1 rings (SSSR count). The number of rotatable bonds is 1. The van der Waals surface area contributed by atoms with Crippen LogP contribution in [-0.4, -0.2) is 11.3 Å². The Hall–Kier alpha value is -1.22. The minimum Gasteiger partial charge on any atom is -0.506 e. The molecule has 1 aromatic rings. The van der Waals surface area contributed by atoms with E-state index in [0.717, 1.165) is 6.21 Å². The van der Waals surface area contributed by atoms with Gasteiger partial charge in [0, 0.05) is 23.5 Å². The van der Waals surface area contributed by atoms with Crippen molar-refractivity contribution < 1.29 is 5.11 Å². The highest BCUT2D eigenvalue weighted by molar-refractivity contribution is 6.32. The zero-order valence-electron chi connectivity index (χ0n) is 5.63. The van der Waals surface area contributed by atoms with Crippen LogP contribution in [0.3, 0.4) is 0 Å². The van der Waals surface area contributed by atoms with E-state index < -0.39 is 0 Å². The second-order valence-corrected chi connectivity index (χ2v) is 2.48. The SMILES string of the molecule is N=Cc1cc(Cl)c(O)cc1N. The lowest BCUT2D eigenvalue weighted by atomic mass is 10.2. The van der Waals surface area contributed by atoms with Crippen LogP contribution in [0.4, 0.5) is 5.69 Å². The topological polar surface area (TPSA) is 70.1 Å². The first-order valence-electron chi connectivity index (χ1n) is 2.93. The highest BCUT2D eigenvalue weighted by atomic mass is 35.5. The summed E-state index contributed by atoms with van der Waals surface area (Å²) >= 11 is 5.56. The average Bonchev–Trinajstić information content (AvgIpc) is 1.97. The number of aromatic hydroxyl groups is 1. The molecule has 0 aliphatic rings. The maximum absolute atomic E-state index is 9.03. The van der Waals surface area contributed by atoms with Crippen LogP contribution in [0, 0.1) is 5.41 Å². The summed E-state index contributed by atoms with van der Waals surface area (Å²) in [6.45, 7) is 0. The van der Waals surface area contributed by atoms with Crippen molar-refractivity contribution in [2.24, 2.45) is 0 Å². The fourth-order valence-corrected chi connectivity index (χ4v) is 0.890. The van der Waals surface area contributed by atoms with Gasteiger partial charge in [-0.15, -0.1) is 0 Å². The molecule has 0 bridgehead atoms. The first-order chi connectivity index (χ1) is 5.15. The largest absolute Gasteiger partial charge is 0.506 e. The van der Waals surface area contributed by atoms with E-state index in [1.165, 1.54) is 12.1 Å². The summed E-state index contributed by atoms with van der Waals surface area (Å²) in [4.78, 5) is 0. The number of nitrogen functional groups attached to an aromatic ring is 1. The molecule has 0 heterocycles. The highest BCUT2D eigenvalue weighted by Gasteiger charge is 2.02. The van der Waals surface area contributed by atoms with Crippen molar-refractivity contribution in [2.75, 3.05) is 5.73 Å². The van der Waals surface area contributed by atoms with Crippen molar-refractivity contribution in [1.29, 1.82) is 5.41 Å². The standard InChI is InChI=1S/C7H7ClN2O/c8-5-1-4(3-9)6(10)2-7(5)11/h1-3,9,11H,10H2. The number of nitrogens with two attached hydrogens (primary N) is 1. The van der Waals surface area contributed by atoms with Crippen molar-refractivity contribution in [3.05, 3.63) is 22.7 Å². The van der Waals surface area contributed by atoms with Crippen LogP contribution in [-0.2, 0) is 0 Å². The van der Waals surface area contributed by atoms with Gasteiger partial charge in [0.25, 0.3) is 0 Å². The van der Waals surface area contributed by atoms with Gasteiger partial charge in [-0.25, -0.2) is 0 Å². The summed E-state index contributed by atoms with van der Waals surface area (Å²) in [5.41, 5.74) is 6.29. The summed E-state index contributed by atoms with van der Waals surface area (Å²) in [6, 6.07) is 2.77.